The highest BCUT2D eigenvalue weighted by atomic mass is 13.9. The second-order valence-corrected chi connectivity index (χ2v) is 2.52. The van der Waals surface area contributed by atoms with Crippen molar-refractivity contribution in [2.45, 2.75) is 20.8 Å². The highest BCUT2D eigenvalue weighted by Crippen LogP contribution is 2.05. The van der Waals surface area contributed by atoms with Crippen molar-refractivity contribution in [1.82, 2.24) is 0 Å². The molecule has 0 heterocycles. The van der Waals surface area contributed by atoms with Gasteiger partial charge in [-0.3, -0.25) is 0 Å². The van der Waals surface area contributed by atoms with Crippen LogP contribution >= 0.6 is 0 Å². The standard InChI is InChI=1S/C9H11/c1-7-4-8(2)6-9(3)5-7/h4-5H,1-3H3. The maximum atomic E-state index is 3.21. The van der Waals surface area contributed by atoms with Crippen LogP contribution in [0.25, 0.3) is 0 Å². The Kier molecular flexibility index (Phi) is 1.56. The van der Waals surface area contributed by atoms with Gasteiger partial charge in [0.05, 0.1) is 0 Å². The Hall–Kier alpha value is -0.780. The molecule has 0 spiro atoms. The van der Waals surface area contributed by atoms with Crippen LogP contribution < -0.4 is 0 Å². The lowest BCUT2D eigenvalue weighted by atomic mass is 10.1. The average Bonchev–Trinajstić information content (AvgIpc) is 1.59. The fourth-order valence-electron chi connectivity index (χ4n) is 1.11. The molecule has 0 heteroatoms. The molecule has 1 rings (SSSR count). The molecule has 1 aromatic rings. The first-order valence-electron chi connectivity index (χ1n) is 3.15. The highest BCUT2D eigenvalue weighted by molar-refractivity contribution is 5.25. The predicted octanol–water partition coefficient (Wildman–Crippen LogP) is 2.41. The van der Waals surface area contributed by atoms with Crippen LogP contribution in [-0.4, -0.2) is 0 Å². The topological polar surface area (TPSA) is 0 Å². The third-order valence-electron chi connectivity index (χ3n) is 1.28. The van der Waals surface area contributed by atoms with E-state index in [9.17, 15) is 0 Å². The van der Waals surface area contributed by atoms with E-state index >= 15 is 0 Å². The van der Waals surface area contributed by atoms with Crippen molar-refractivity contribution in [2.75, 3.05) is 0 Å². The van der Waals surface area contributed by atoms with Gasteiger partial charge in [0, 0.05) is 0 Å². The number of hydrogen-bond donors (Lipinski definition) is 0. The molecule has 0 aliphatic carbocycles. The van der Waals surface area contributed by atoms with Gasteiger partial charge >= 0.3 is 0 Å². The molecule has 0 nitrogen and oxygen atoms in total. The molecule has 0 aliphatic rings. The Morgan fingerprint density at radius 2 is 1.44 bits per heavy atom. The van der Waals surface area contributed by atoms with Crippen molar-refractivity contribution in [3.63, 3.8) is 0 Å². The Bertz CT molecular complexity index is 161. The number of hydrogen-bond acceptors (Lipinski definition) is 0. The van der Waals surface area contributed by atoms with E-state index in [1.807, 2.05) is 0 Å². The summed E-state index contributed by atoms with van der Waals surface area (Å²) in [7, 11) is 0. The van der Waals surface area contributed by atoms with Gasteiger partial charge in [-0.15, -0.1) is 0 Å². The summed E-state index contributed by atoms with van der Waals surface area (Å²) < 4.78 is 0. The highest BCUT2D eigenvalue weighted by Gasteiger charge is 1.88. The zero-order chi connectivity index (χ0) is 6.85. The Morgan fingerprint density at radius 1 is 1.00 bits per heavy atom. The van der Waals surface area contributed by atoms with Crippen LogP contribution in [0.4, 0.5) is 0 Å². The SMILES string of the molecule is Cc1[c]c(C)cc(C)c1. The molecule has 0 saturated heterocycles. The third-order valence-corrected chi connectivity index (χ3v) is 1.28. The quantitative estimate of drug-likeness (QED) is 0.492. The third kappa shape index (κ3) is 1.56. The summed E-state index contributed by atoms with van der Waals surface area (Å²) in [4.78, 5) is 0. The smallest absolute Gasteiger partial charge is 0.0120 e. The summed E-state index contributed by atoms with van der Waals surface area (Å²) in [6.07, 6.45) is 0. The van der Waals surface area contributed by atoms with Crippen LogP contribution in [-0.2, 0) is 0 Å². The van der Waals surface area contributed by atoms with Gasteiger partial charge < -0.3 is 0 Å². The van der Waals surface area contributed by atoms with E-state index in [0.717, 1.165) is 0 Å². The minimum Gasteiger partial charge on any atom is -0.0557 e. The van der Waals surface area contributed by atoms with Crippen LogP contribution in [0.3, 0.4) is 0 Å². The van der Waals surface area contributed by atoms with Gasteiger partial charge in [-0.1, -0.05) is 17.7 Å². The summed E-state index contributed by atoms with van der Waals surface area (Å²) in [5.41, 5.74) is 3.78. The van der Waals surface area contributed by atoms with Crippen molar-refractivity contribution < 1.29 is 0 Å². The van der Waals surface area contributed by atoms with Crippen molar-refractivity contribution in [2.24, 2.45) is 0 Å². The fraction of sp³-hybridized carbons (Fsp3) is 0.333. The van der Waals surface area contributed by atoms with Crippen molar-refractivity contribution in [1.29, 1.82) is 0 Å². The van der Waals surface area contributed by atoms with E-state index in [0.29, 0.717) is 0 Å². The molecule has 0 N–H and O–H groups in total. The van der Waals surface area contributed by atoms with Gasteiger partial charge in [0.15, 0.2) is 0 Å². The van der Waals surface area contributed by atoms with E-state index < -0.39 is 0 Å². The van der Waals surface area contributed by atoms with Crippen LogP contribution in [0.15, 0.2) is 12.1 Å². The maximum Gasteiger partial charge on any atom is -0.0120 e. The molecule has 0 aliphatic heterocycles. The van der Waals surface area contributed by atoms with Gasteiger partial charge in [0.1, 0.15) is 0 Å². The Labute approximate surface area is 56.5 Å². The van der Waals surface area contributed by atoms with E-state index in [-0.39, 0.29) is 0 Å². The normalized spacial score (nSPS) is 9.67. The number of benzene rings is 1. The van der Waals surface area contributed by atoms with Crippen molar-refractivity contribution >= 4 is 0 Å². The summed E-state index contributed by atoms with van der Waals surface area (Å²) >= 11 is 0. The van der Waals surface area contributed by atoms with Gasteiger partial charge in [-0.05, 0) is 38.0 Å². The first-order valence-corrected chi connectivity index (χ1v) is 3.15. The number of rotatable bonds is 0. The molecule has 1 radical (unpaired) electrons. The summed E-state index contributed by atoms with van der Waals surface area (Å²) in [6, 6.07) is 7.47. The second-order valence-electron chi connectivity index (χ2n) is 2.52. The molecule has 0 aromatic heterocycles. The lowest BCUT2D eigenvalue weighted by Crippen LogP contribution is -1.79. The second kappa shape index (κ2) is 2.22. The molecular weight excluding hydrogens is 108 g/mol. The molecule has 0 bridgehead atoms. The molecule has 0 amide bonds. The van der Waals surface area contributed by atoms with Crippen LogP contribution in [0, 0.1) is 26.8 Å². The monoisotopic (exact) mass is 119 g/mol. The first-order chi connectivity index (χ1) is 4.18. The van der Waals surface area contributed by atoms with E-state index in [4.69, 9.17) is 0 Å². The molecule has 9 heavy (non-hydrogen) atoms. The summed E-state index contributed by atoms with van der Waals surface area (Å²) in [6.45, 7) is 6.24. The van der Waals surface area contributed by atoms with E-state index in [1.54, 1.807) is 0 Å². The van der Waals surface area contributed by atoms with E-state index in [1.165, 1.54) is 16.7 Å². The van der Waals surface area contributed by atoms with Crippen LogP contribution in [0.2, 0.25) is 0 Å². The van der Waals surface area contributed by atoms with E-state index in [2.05, 4.69) is 39.0 Å². The maximum absolute atomic E-state index is 3.21. The van der Waals surface area contributed by atoms with Crippen LogP contribution in [0.1, 0.15) is 16.7 Å². The average molecular weight is 119 g/mol. The predicted molar refractivity (Wildman–Crippen MR) is 39.5 cm³/mol. The first kappa shape index (κ1) is 6.34. The molecule has 1 aromatic carbocycles. The Balaban J connectivity index is 3.17. The van der Waals surface area contributed by atoms with Crippen LogP contribution in [0.5, 0.6) is 0 Å². The van der Waals surface area contributed by atoms with Gasteiger partial charge in [0.2, 0.25) is 0 Å². The zero-order valence-corrected chi connectivity index (χ0v) is 6.15. The minimum atomic E-state index is 1.23. The molecule has 0 atom stereocenters. The fourth-order valence-corrected chi connectivity index (χ4v) is 1.11. The minimum absolute atomic E-state index is 1.23. The molecular formula is C9H11. The summed E-state index contributed by atoms with van der Waals surface area (Å²) in [5.74, 6) is 0. The van der Waals surface area contributed by atoms with Gasteiger partial charge in [-0.2, -0.15) is 0 Å². The number of aryl methyl sites for hydroxylation is 3. The lowest BCUT2D eigenvalue weighted by Gasteiger charge is -1.96. The zero-order valence-electron chi connectivity index (χ0n) is 6.15. The van der Waals surface area contributed by atoms with Crippen molar-refractivity contribution in [3.8, 4) is 0 Å². The largest absolute Gasteiger partial charge is 0.0557 e. The molecule has 47 valence electrons. The summed E-state index contributed by atoms with van der Waals surface area (Å²) in [5, 5.41) is 0. The van der Waals surface area contributed by atoms with Gasteiger partial charge in [-0.25, -0.2) is 0 Å². The Morgan fingerprint density at radius 3 is 1.78 bits per heavy atom. The lowest BCUT2D eigenvalue weighted by molar-refractivity contribution is 1.31. The van der Waals surface area contributed by atoms with Gasteiger partial charge in [0.25, 0.3) is 0 Å². The van der Waals surface area contributed by atoms with Crippen molar-refractivity contribution in [3.05, 3.63) is 34.9 Å². The molecule has 0 fully saturated rings. The molecule has 0 saturated carbocycles. The molecule has 0 unspecified atom stereocenters.